The van der Waals surface area contributed by atoms with Crippen LogP contribution < -0.4 is 5.32 Å². The van der Waals surface area contributed by atoms with E-state index in [1.807, 2.05) is 12.1 Å². The molecular weight excluding hydrogens is 328 g/mol. The molecule has 4 atom stereocenters. The fraction of sp³-hybridized carbons (Fsp3) is 0.600. The van der Waals surface area contributed by atoms with Crippen molar-refractivity contribution >= 4 is 16.9 Å². The van der Waals surface area contributed by atoms with Crippen molar-refractivity contribution in [3.63, 3.8) is 0 Å². The standard InChI is InChI=1S/C20H28N4O2/c1-4-24-11-20(17(24)12(2)3)8-15(16(25)9-20)23-19(26)14-10-22-18-13(14)6-5-7-21-18/h5-7,10,12,15-17,25H,4,8-9,11H2,1-3H3,(H,21,22)(H,23,26)/t15-,16-,17?,20?/m1/s1. The lowest BCUT2D eigenvalue weighted by Crippen LogP contribution is -2.65. The Labute approximate surface area is 154 Å². The van der Waals surface area contributed by atoms with E-state index in [4.69, 9.17) is 0 Å². The predicted octanol–water partition coefficient (Wildman–Crippen LogP) is 2.16. The Morgan fingerprint density at radius 3 is 3.04 bits per heavy atom. The average Bonchev–Trinajstić information content (AvgIpc) is 3.15. The second kappa shape index (κ2) is 6.35. The van der Waals surface area contributed by atoms with Crippen LogP contribution in [0.1, 0.15) is 44.0 Å². The highest BCUT2D eigenvalue weighted by atomic mass is 16.3. The van der Waals surface area contributed by atoms with Gasteiger partial charge in [0, 0.05) is 35.8 Å². The number of nitrogens with one attached hydrogen (secondary N) is 2. The van der Waals surface area contributed by atoms with Crippen molar-refractivity contribution in [1.82, 2.24) is 20.2 Å². The Morgan fingerprint density at radius 1 is 1.50 bits per heavy atom. The van der Waals surface area contributed by atoms with E-state index in [-0.39, 0.29) is 17.4 Å². The number of aromatic amines is 1. The molecule has 4 rings (SSSR count). The lowest BCUT2D eigenvalue weighted by atomic mass is 9.65. The lowest BCUT2D eigenvalue weighted by Gasteiger charge is -2.58. The molecule has 2 aromatic heterocycles. The van der Waals surface area contributed by atoms with E-state index in [9.17, 15) is 9.90 Å². The van der Waals surface area contributed by atoms with Crippen molar-refractivity contribution in [2.75, 3.05) is 13.1 Å². The molecule has 26 heavy (non-hydrogen) atoms. The van der Waals surface area contributed by atoms with Crippen molar-refractivity contribution in [2.45, 2.75) is 51.8 Å². The predicted molar refractivity (Wildman–Crippen MR) is 101 cm³/mol. The minimum absolute atomic E-state index is 0.128. The van der Waals surface area contributed by atoms with Crippen LogP contribution in [0.3, 0.4) is 0 Å². The van der Waals surface area contributed by atoms with Crippen molar-refractivity contribution in [1.29, 1.82) is 0 Å². The smallest absolute Gasteiger partial charge is 0.253 e. The molecule has 1 aliphatic heterocycles. The first-order valence-corrected chi connectivity index (χ1v) is 9.60. The number of aromatic nitrogens is 2. The molecule has 1 saturated heterocycles. The number of fused-ring (bicyclic) bond motifs is 1. The zero-order valence-electron chi connectivity index (χ0n) is 15.7. The second-order valence-electron chi connectivity index (χ2n) is 8.27. The third kappa shape index (κ3) is 2.63. The van der Waals surface area contributed by atoms with E-state index in [1.54, 1.807) is 12.4 Å². The van der Waals surface area contributed by atoms with Crippen LogP contribution in [0.2, 0.25) is 0 Å². The number of carbonyl (C=O) groups is 1. The highest BCUT2D eigenvalue weighted by molar-refractivity contribution is 6.06. The van der Waals surface area contributed by atoms with Gasteiger partial charge in [-0.25, -0.2) is 4.98 Å². The van der Waals surface area contributed by atoms with Gasteiger partial charge >= 0.3 is 0 Å². The summed E-state index contributed by atoms with van der Waals surface area (Å²) in [6.45, 7) is 8.77. The molecule has 2 unspecified atom stereocenters. The van der Waals surface area contributed by atoms with Gasteiger partial charge in [-0.2, -0.15) is 0 Å². The summed E-state index contributed by atoms with van der Waals surface area (Å²) < 4.78 is 0. The molecule has 1 saturated carbocycles. The van der Waals surface area contributed by atoms with Crippen molar-refractivity contribution in [2.24, 2.45) is 11.3 Å². The molecule has 0 aromatic carbocycles. The monoisotopic (exact) mass is 356 g/mol. The van der Waals surface area contributed by atoms with Crippen LogP contribution in [-0.2, 0) is 0 Å². The largest absolute Gasteiger partial charge is 0.391 e. The molecule has 6 heteroatoms. The number of amides is 1. The van der Waals surface area contributed by atoms with Gasteiger partial charge in [0.25, 0.3) is 5.91 Å². The first kappa shape index (κ1) is 17.5. The number of aliphatic hydroxyl groups is 1. The number of hydrogen-bond donors (Lipinski definition) is 3. The maximum absolute atomic E-state index is 12.8. The quantitative estimate of drug-likeness (QED) is 0.784. The molecule has 0 radical (unpaired) electrons. The van der Waals surface area contributed by atoms with Gasteiger partial charge in [-0.05, 0) is 37.4 Å². The van der Waals surface area contributed by atoms with Crippen LogP contribution >= 0.6 is 0 Å². The second-order valence-corrected chi connectivity index (χ2v) is 8.27. The fourth-order valence-electron chi connectivity index (χ4n) is 5.43. The number of nitrogens with zero attached hydrogens (tertiary/aromatic N) is 2. The summed E-state index contributed by atoms with van der Waals surface area (Å²) in [6, 6.07) is 4.01. The maximum Gasteiger partial charge on any atom is 0.253 e. The van der Waals surface area contributed by atoms with Gasteiger partial charge in [0.15, 0.2) is 0 Å². The first-order chi connectivity index (χ1) is 12.4. The molecule has 0 bridgehead atoms. The van der Waals surface area contributed by atoms with Gasteiger partial charge in [-0.3, -0.25) is 9.69 Å². The van der Waals surface area contributed by atoms with Crippen molar-refractivity contribution in [3.8, 4) is 0 Å². The number of pyridine rings is 1. The van der Waals surface area contributed by atoms with E-state index < -0.39 is 6.10 Å². The molecule has 2 fully saturated rings. The molecule has 2 aromatic rings. The summed E-state index contributed by atoms with van der Waals surface area (Å²) in [4.78, 5) is 22.6. The minimum Gasteiger partial charge on any atom is -0.391 e. The summed E-state index contributed by atoms with van der Waals surface area (Å²) >= 11 is 0. The van der Waals surface area contributed by atoms with Crippen LogP contribution in [0.4, 0.5) is 0 Å². The number of H-pyrrole nitrogens is 1. The Bertz CT molecular complexity index is 817. The molecular formula is C20H28N4O2. The van der Waals surface area contributed by atoms with Gasteiger partial charge in [0.05, 0.1) is 17.7 Å². The highest BCUT2D eigenvalue weighted by Crippen LogP contribution is 2.52. The lowest BCUT2D eigenvalue weighted by molar-refractivity contribution is -0.0963. The Hall–Kier alpha value is -1.92. The zero-order valence-corrected chi connectivity index (χ0v) is 15.7. The third-order valence-electron chi connectivity index (χ3n) is 6.30. The summed E-state index contributed by atoms with van der Waals surface area (Å²) in [5.41, 5.74) is 1.42. The van der Waals surface area contributed by atoms with Crippen LogP contribution in [-0.4, -0.2) is 57.2 Å². The highest BCUT2D eigenvalue weighted by Gasteiger charge is 2.58. The van der Waals surface area contributed by atoms with Crippen molar-refractivity contribution in [3.05, 3.63) is 30.1 Å². The van der Waals surface area contributed by atoms with E-state index in [0.717, 1.165) is 31.3 Å². The third-order valence-corrected chi connectivity index (χ3v) is 6.30. The summed E-state index contributed by atoms with van der Waals surface area (Å²) in [6.07, 6.45) is 4.53. The van der Waals surface area contributed by atoms with E-state index in [2.05, 4.69) is 41.0 Å². The zero-order chi connectivity index (χ0) is 18.5. The molecule has 1 amide bonds. The number of hydrogen-bond acceptors (Lipinski definition) is 4. The van der Waals surface area contributed by atoms with Gasteiger partial charge in [-0.15, -0.1) is 0 Å². The molecule has 140 valence electrons. The number of rotatable bonds is 4. The van der Waals surface area contributed by atoms with E-state index in [0.29, 0.717) is 23.2 Å². The Morgan fingerprint density at radius 2 is 2.31 bits per heavy atom. The minimum atomic E-state index is -0.484. The Kier molecular flexibility index (Phi) is 4.28. The van der Waals surface area contributed by atoms with Gasteiger partial charge in [0.2, 0.25) is 0 Å². The molecule has 2 aliphatic rings. The molecule has 1 aliphatic carbocycles. The van der Waals surface area contributed by atoms with Crippen LogP contribution in [0.15, 0.2) is 24.5 Å². The van der Waals surface area contributed by atoms with E-state index in [1.165, 1.54) is 0 Å². The number of aliphatic hydroxyl groups excluding tert-OH is 1. The average molecular weight is 356 g/mol. The number of likely N-dealkylation sites (tertiary alicyclic amines) is 1. The summed E-state index contributed by atoms with van der Waals surface area (Å²) in [5.74, 6) is 0.406. The maximum atomic E-state index is 12.8. The van der Waals surface area contributed by atoms with Crippen molar-refractivity contribution < 1.29 is 9.90 Å². The molecule has 6 nitrogen and oxygen atoms in total. The van der Waals surface area contributed by atoms with Crippen LogP contribution in [0.5, 0.6) is 0 Å². The summed E-state index contributed by atoms with van der Waals surface area (Å²) in [7, 11) is 0. The number of carbonyl (C=O) groups excluding carboxylic acids is 1. The SMILES string of the molecule is CCN1CC2(C[C@@H](O)[C@H](NC(=O)c3c[nH]c4ncccc34)C2)C1C(C)C. The molecule has 3 N–H and O–H groups in total. The Balaban J connectivity index is 1.50. The summed E-state index contributed by atoms with van der Waals surface area (Å²) in [5, 5.41) is 14.6. The van der Waals surface area contributed by atoms with Gasteiger partial charge < -0.3 is 15.4 Å². The van der Waals surface area contributed by atoms with Gasteiger partial charge in [-0.1, -0.05) is 20.8 Å². The fourth-order valence-corrected chi connectivity index (χ4v) is 5.43. The van der Waals surface area contributed by atoms with Crippen LogP contribution in [0.25, 0.3) is 11.0 Å². The topological polar surface area (TPSA) is 81.2 Å². The first-order valence-electron chi connectivity index (χ1n) is 9.60. The molecule has 1 spiro atoms. The van der Waals surface area contributed by atoms with Gasteiger partial charge in [0.1, 0.15) is 5.65 Å². The van der Waals surface area contributed by atoms with E-state index >= 15 is 0 Å². The normalized spacial score (nSPS) is 31.7. The molecule has 3 heterocycles. The van der Waals surface area contributed by atoms with Crippen LogP contribution in [0, 0.1) is 11.3 Å².